The van der Waals surface area contributed by atoms with Crippen LogP contribution in [0.15, 0.2) is 35.2 Å². The van der Waals surface area contributed by atoms with Gasteiger partial charge >= 0.3 is 33.0 Å². The largest absolute Gasteiger partial charge is 0.158 e. The van der Waals surface area contributed by atoms with Crippen molar-refractivity contribution in [3.05, 3.63) is 30.3 Å². The Morgan fingerprint density at radius 2 is 1.21 bits per heavy atom. The second-order valence-electron chi connectivity index (χ2n) is 4.20. The van der Waals surface area contributed by atoms with E-state index in [9.17, 15) is 29.4 Å². The molecule has 0 aromatic heterocycles. The van der Waals surface area contributed by atoms with Gasteiger partial charge in [0, 0.05) is 0 Å². The van der Waals surface area contributed by atoms with E-state index in [0.29, 0.717) is 0 Å². The van der Waals surface area contributed by atoms with Gasteiger partial charge in [0.15, 0.2) is 4.90 Å². The summed E-state index contributed by atoms with van der Waals surface area (Å²) in [6.45, 7) is 0. The van der Waals surface area contributed by atoms with Crippen molar-refractivity contribution >= 4 is 17.7 Å². The summed E-state index contributed by atoms with van der Waals surface area (Å²) in [7, 11) is -12.3. The molecule has 19 heavy (non-hydrogen) atoms. The number of halogens is 6. The van der Waals surface area contributed by atoms with E-state index in [1.807, 2.05) is 30.3 Å². The van der Waals surface area contributed by atoms with E-state index in [2.05, 4.69) is 0 Å². The molecule has 0 atom stereocenters. The zero-order chi connectivity index (χ0) is 14.8. The molecule has 1 aliphatic rings. The molecular formula is C10H13F6OPS. The topological polar surface area (TPSA) is 17.1 Å². The Kier molecular flexibility index (Phi) is 3.85. The molecule has 0 saturated carbocycles. The molecule has 2 rings (SSSR count). The molecule has 0 N–H and O–H groups in total. The maximum atomic E-state index is 12.2. The molecule has 0 radical (unpaired) electrons. The summed E-state index contributed by atoms with van der Waals surface area (Å²) in [5.74, 6) is 1.80. The minimum Gasteiger partial charge on any atom is -0.0997 e. The molecule has 1 aromatic rings. The average molecular weight is 326 g/mol. The van der Waals surface area contributed by atoms with Crippen LogP contribution in [0.2, 0.25) is 0 Å². The van der Waals surface area contributed by atoms with Gasteiger partial charge in [0.1, 0.15) is 21.4 Å². The van der Waals surface area contributed by atoms with Crippen molar-refractivity contribution < 1.29 is 29.4 Å². The van der Waals surface area contributed by atoms with Crippen molar-refractivity contribution in [2.45, 2.75) is 17.7 Å². The van der Waals surface area contributed by atoms with Crippen molar-refractivity contribution in [1.29, 1.82) is 0 Å². The van der Waals surface area contributed by atoms with E-state index in [1.165, 1.54) is 0 Å². The fourth-order valence-electron chi connectivity index (χ4n) is 1.68. The number of benzene rings is 1. The molecule has 112 valence electrons. The van der Waals surface area contributed by atoms with E-state index in [0.717, 1.165) is 29.2 Å². The fraction of sp³-hybridized carbons (Fsp3) is 0.400. The van der Waals surface area contributed by atoms with Gasteiger partial charge < -0.3 is 0 Å². The smallest absolute Gasteiger partial charge is 0.0997 e. The summed E-state index contributed by atoms with van der Waals surface area (Å²) in [5.41, 5.74) is 0. The third-order valence-electron chi connectivity index (χ3n) is 2.37. The maximum Gasteiger partial charge on any atom is 0.158 e. The van der Waals surface area contributed by atoms with Crippen LogP contribution < -0.4 is 0 Å². The Morgan fingerprint density at radius 3 is 1.58 bits per heavy atom. The van der Waals surface area contributed by atoms with Crippen LogP contribution >= 0.6 is 7.81 Å². The second-order valence-corrected chi connectivity index (χ2v) is 9.03. The van der Waals surface area contributed by atoms with Gasteiger partial charge in [-0.15, -0.1) is 0 Å². The maximum absolute atomic E-state index is 12.2. The SMILES string of the molecule is F[P-](F)(F)(F)(F)F.O=[S+]1(c2ccccc2)CCCC1. The van der Waals surface area contributed by atoms with Crippen molar-refractivity contribution in [2.24, 2.45) is 0 Å². The van der Waals surface area contributed by atoms with E-state index < -0.39 is 17.7 Å². The van der Waals surface area contributed by atoms with Crippen molar-refractivity contribution in [3.8, 4) is 0 Å². The molecule has 0 bridgehead atoms. The molecule has 1 aliphatic heterocycles. The molecule has 1 aromatic carbocycles. The summed E-state index contributed by atoms with van der Waals surface area (Å²) >= 11 is 0. The first-order valence-corrected chi connectivity index (χ1v) is 9.30. The molecule has 1 nitrogen and oxygen atoms in total. The Bertz CT molecular complexity index is 461. The number of rotatable bonds is 1. The van der Waals surface area contributed by atoms with Crippen molar-refractivity contribution in [1.82, 2.24) is 0 Å². The zero-order valence-electron chi connectivity index (χ0n) is 9.75. The van der Waals surface area contributed by atoms with Gasteiger partial charge in [0.2, 0.25) is 0 Å². The van der Waals surface area contributed by atoms with Gasteiger partial charge in [-0.3, -0.25) is 0 Å². The van der Waals surface area contributed by atoms with Crippen molar-refractivity contribution in [2.75, 3.05) is 11.5 Å². The fourth-order valence-corrected chi connectivity index (χ4v) is 4.35. The van der Waals surface area contributed by atoms with Gasteiger partial charge in [0.25, 0.3) is 0 Å². The van der Waals surface area contributed by atoms with Crippen LogP contribution in [0, 0.1) is 0 Å². The zero-order valence-corrected chi connectivity index (χ0v) is 11.5. The molecular weight excluding hydrogens is 313 g/mol. The molecule has 1 heterocycles. The number of hydrogen-bond donors (Lipinski definition) is 0. The summed E-state index contributed by atoms with van der Waals surface area (Å²) in [6, 6.07) is 9.91. The normalized spacial score (nSPS) is 21.8. The first kappa shape index (κ1) is 16.4. The third-order valence-corrected chi connectivity index (χ3v) is 5.40. The Hall–Kier alpha value is -0.620. The van der Waals surface area contributed by atoms with Gasteiger partial charge in [-0.1, -0.05) is 22.4 Å². The quantitative estimate of drug-likeness (QED) is 0.366. The van der Waals surface area contributed by atoms with Crippen LogP contribution in [-0.2, 0) is 14.1 Å². The molecule has 0 spiro atoms. The second kappa shape index (κ2) is 4.45. The van der Waals surface area contributed by atoms with E-state index in [-0.39, 0.29) is 0 Å². The molecule has 0 unspecified atom stereocenters. The molecule has 1 fully saturated rings. The summed E-state index contributed by atoms with van der Waals surface area (Å²) in [6.07, 6.45) is 2.27. The van der Waals surface area contributed by atoms with Crippen molar-refractivity contribution in [3.63, 3.8) is 0 Å². The minimum atomic E-state index is -10.7. The van der Waals surface area contributed by atoms with Crippen LogP contribution in [-0.4, -0.2) is 11.5 Å². The van der Waals surface area contributed by atoms with Crippen LogP contribution in [0.3, 0.4) is 0 Å². The average Bonchev–Trinajstić information content (AvgIpc) is 2.63. The van der Waals surface area contributed by atoms with E-state index in [1.54, 1.807) is 0 Å². The Morgan fingerprint density at radius 1 is 0.842 bits per heavy atom. The predicted molar refractivity (Wildman–Crippen MR) is 65.3 cm³/mol. The molecule has 9 heteroatoms. The van der Waals surface area contributed by atoms with Crippen LogP contribution in [0.4, 0.5) is 25.2 Å². The molecule has 0 amide bonds. The molecule has 0 aliphatic carbocycles. The Labute approximate surface area is 107 Å². The van der Waals surface area contributed by atoms with Gasteiger partial charge in [0.05, 0.1) is 0 Å². The third kappa shape index (κ3) is 8.21. The summed E-state index contributed by atoms with van der Waals surface area (Å²) in [5, 5.41) is 0. The standard InChI is InChI=1S/C10H13OS.F6P/c11-12(8-4-5-9-12)10-6-2-1-3-7-10;1-7(2,3,4,5)6/h1-3,6-7H,4-5,8-9H2;/q+1;-1. The van der Waals surface area contributed by atoms with E-state index >= 15 is 0 Å². The first-order chi connectivity index (χ1) is 8.26. The van der Waals surface area contributed by atoms with Gasteiger partial charge in [-0.05, 0) is 25.0 Å². The van der Waals surface area contributed by atoms with Gasteiger partial charge in [-0.25, -0.2) is 0 Å². The monoisotopic (exact) mass is 326 g/mol. The van der Waals surface area contributed by atoms with Crippen LogP contribution in [0.5, 0.6) is 0 Å². The van der Waals surface area contributed by atoms with Gasteiger partial charge in [-0.2, -0.15) is 0 Å². The van der Waals surface area contributed by atoms with Crippen LogP contribution in [0.1, 0.15) is 12.8 Å². The Balaban J connectivity index is 0.000000224. The summed E-state index contributed by atoms with van der Waals surface area (Å²) in [4.78, 5) is 1.06. The number of hydrogen-bond acceptors (Lipinski definition) is 1. The molecule has 1 saturated heterocycles. The summed E-state index contributed by atoms with van der Waals surface area (Å²) < 4.78 is 71.4. The van der Waals surface area contributed by atoms with E-state index in [4.69, 9.17) is 0 Å². The van der Waals surface area contributed by atoms with Crippen LogP contribution in [0.25, 0.3) is 0 Å². The minimum absolute atomic E-state index is 0.900. The first-order valence-electron chi connectivity index (χ1n) is 5.37. The predicted octanol–water partition coefficient (Wildman–Crippen LogP) is 5.72.